The zero-order chi connectivity index (χ0) is 17.1. The lowest BCUT2D eigenvalue weighted by Gasteiger charge is -2.08. The van der Waals surface area contributed by atoms with E-state index in [1.165, 1.54) is 33.7 Å². The highest BCUT2D eigenvalue weighted by molar-refractivity contribution is 7.99. The second kappa shape index (κ2) is 7.14. The van der Waals surface area contributed by atoms with Crippen LogP contribution in [0.5, 0.6) is 0 Å². The normalized spacial score (nSPS) is 10.9. The van der Waals surface area contributed by atoms with Crippen molar-refractivity contribution in [3.05, 3.63) is 57.4 Å². The molecule has 3 rings (SSSR count). The van der Waals surface area contributed by atoms with E-state index in [-0.39, 0.29) is 29.6 Å². The predicted molar refractivity (Wildman–Crippen MR) is 93.8 cm³/mol. The third kappa shape index (κ3) is 3.49. The second-order valence-electron chi connectivity index (χ2n) is 5.05. The van der Waals surface area contributed by atoms with Crippen molar-refractivity contribution >= 4 is 39.2 Å². The van der Waals surface area contributed by atoms with Crippen molar-refractivity contribution in [2.45, 2.75) is 11.7 Å². The summed E-state index contributed by atoms with van der Waals surface area (Å²) >= 11 is 2.53. The first-order valence-electron chi connectivity index (χ1n) is 7.13. The van der Waals surface area contributed by atoms with Crippen molar-refractivity contribution in [3.8, 4) is 0 Å². The minimum Gasteiger partial charge on any atom is -0.351 e. The van der Waals surface area contributed by atoms with Crippen LogP contribution in [0.1, 0.15) is 5.56 Å². The van der Waals surface area contributed by atoms with Gasteiger partial charge in [0.2, 0.25) is 5.91 Å². The average Bonchev–Trinajstić information content (AvgIpc) is 3.04. The molecule has 24 heavy (non-hydrogen) atoms. The molecule has 0 spiro atoms. The summed E-state index contributed by atoms with van der Waals surface area (Å²) in [4.78, 5) is 28.5. The molecule has 3 aromatic rings. The number of nitrogens with zero attached hydrogens (tertiary/aromatic N) is 2. The van der Waals surface area contributed by atoms with Gasteiger partial charge in [-0.15, -0.1) is 11.3 Å². The fourth-order valence-electron chi connectivity index (χ4n) is 2.11. The maximum absolute atomic E-state index is 13.5. The maximum atomic E-state index is 13.5. The number of rotatable bonds is 5. The lowest BCUT2D eigenvalue weighted by atomic mass is 10.2. The van der Waals surface area contributed by atoms with Gasteiger partial charge in [0.15, 0.2) is 5.16 Å². The van der Waals surface area contributed by atoms with Crippen molar-refractivity contribution in [1.29, 1.82) is 0 Å². The van der Waals surface area contributed by atoms with Crippen LogP contribution in [0, 0.1) is 5.82 Å². The van der Waals surface area contributed by atoms with Crippen LogP contribution in [0.25, 0.3) is 10.2 Å². The summed E-state index contributed by atoms with van der Waals surface area (Å²) in [5.41, 5.74) is 0.947. The second-order valence-corrected chi connectivity index (χ2v) is 6.91. The van der Waals surface area contributed by atoms with E-state index < -0.39 is 0 Å². The summed E-state index contributed by atoms with van der Waals surface area (Å²) in [5.74, 6) is -0.495. The number of halogens is 1. The molecule has 0 radical (unpaired) electrons. The van der Waals surface area contributed by atoms with Gasteiger partial charge >= 0.3 is 0 Å². The Balaban J connectivity index is 1.63. The van der Waals surface area contributed by atoms with Crippen molar-refractivity contribution < 1.29 is 9.18 Å². The summed E-state index contributed by atoms with van der Waals surface area (Å²) in [6.07, 6.45) is 0. The van der Waals surface area contributed by atoms with Crippen LogP contribution in [0.2, 0.25) is 0 Å². The number of aromatic nitrogens is 2. The largest absolute Gasteiger partial charge is 0.351 e. The van der Waals surface area contributed by atoms with Crippen LogP contribution in [0.4, 0.5) is 4.39 Å². The summed E-state index contributed by atoms with van der Waals surface area (Å²) in [6.45, 7) is 0.127. The van der Waals surface area contributed by atoms with E-state index in [9.17, 15) is 14.0 Å². The lowest BCUT2D eigenvalue weighted by Crippen LogP contribution is -2.26. The molecule has 0 aliphatic heterocycles. The quantitative estimate of drug-likeness (QED) is 0.559. The number of thiophene rings is 1. The minimum absolute atomic E-state index is 0.102. The Morgan fingerprint density at radius 3 is 2.96 bits per heavy atom. The molecular weight excluding hydrogens is 349 g/mol. The van der Waals surface area contributed by atoms with Crippen LogP contribution in [-0.2, 0) is 18.4 Å². The van der Waals surface area contributed by atoms with Gasteiger partial charge in [-0.25, -0.2) is 9.37 Å². The Morgan fingerprint density at radius 1 is 1.38 bits per heavy atom. The summed E-state index contributed by atoms with van der Waals surface area (Å²) in [5, 5.41) is 4.96. The highest BCUT2D eigenvalue weighted by Crippen LogP contribution is 2.19. The molecule has 0 fully saturated rings. The Morgan fingerprint density at radius 2 is 2.17 bits per heavy atom. The molecule has 0 bridgehead atoms. The highest BCUT2D eigenvalue weighted by Gasteiger charge is 2.12. The van der Waals surface area contributed by atoms with Gasteiger partial charge in [0.1, 0.15) is 10.5 Å². The Kier molecular flexibility index (Phi) is 4.96. The Bertz CT molecular complexity index is 952. The molecule has 1 amide bonds. The van der Waals surface area contributed by atoms with Crippen LogP contribution in [-0.4, -0.2) is 21.2 Å². The van der Waals surface area contributed by atoms with E-state index in [1.54, 1.807) is 31.3 Å². The Labute approximate surface area is 145 Å². The zero-order valence-electron chi connectivity index (χ0n) is 12.8. The number of hydrogen-bond donors (Lipinski definition) is 1. The number of hydrogen-bond acceptors (Lipinski definition) is 5. The molecule has 8 heteroatoms. The lowest BCUT2D eigenvalue weighted by molar-refractivity contribution is -0.118. The van der Waals surface area contributed by atoms with Gasteiger partial charge in [0.05, 0.1) is 11.3 Å². The van der Waals surface area contributed by atoms with Crippen molar-refractivity contribution in [2.75, 3.05) is 5.75 Å². The van der Waals surface area contributed by atoms with Gasteiger partial charge in [-0.3, -0.25) is 14.2 Å². The number of carbonyl (C=O) groups excluding carboxylic acids is 1. The van der Waals surface area contributed by atoms with E-state index in [2.05, 4.69) is 10.3 Å². The topological polar surface area (TPSA) is 64.0 Å². The summed E-state index contributed by atoms with van der Waals surface area (Å²) in [7, 11) is 1.63. The maximum Gasteiger partial charge on any atom is 0.271 e. The number of carbonyl (C=O) groups is 1. The fraction of sp³-hybridized carbons (Fsp3) is 0.188. The molecular formula is C16H14FN3O2S2. The van der Waals surface area contributed by atoms with Crippen LogP contribution >= 0.6 is 23.1 Å². The third-order valence-corrected chi connectivity index (χ3v) is 5.33. The van der Waals surface area contributed by atoms with Crippen molar-refractivity contribution in [2.24, 2.45) is 7.05 Å². The molecule has 1 aromatic carbocycles. The number of thioether (sulfide) groups is 1. The first-order valence-corrected chi connectivity index (χ1v) is 9.00. The predicted octanol–water partition coefficient (Wildman–Crippen LogP) is 2.54. The van der Waals surface area contributed by atoms with Gasteiger partial charge in [0.25, 0.3) is 5.56 Å². The molecule has 0 aliphatic rings. The van der Waals surface area contributed by atoms with Gasteiger partial charge in [-0.1, -0.05) is 30.0 Å². The molecule has 1 N–H and O–H groups in total. The highest BCUT2D eigenvalue weighted by atomic mass is 32.2. The number of benzene rings is 1. The van der Waals surface area contributed by atoms with Gasteiger partial charge < -0.3 is 5.32 Å². The third-order valence-electron chi connectivity index (χ3n) is 3.41. The van der Waals surface area contributed by atoms with Gasteiger partial charge in [0, 0.05) is 19.2 Å². The van der Waals surface area contributed by atoms with Crippen LogP contribution in [0.15, 0.2) is 45.7 Å². The molecule has 124 valence electrons. The SMILES string of the molecule is Cn1c(SCC(=O)NCc2ccccc2F)nc2ccsc2c1=O. The molecule has 5 nitrogen and oxygen atoms in total. The van der Waals surface area contributed by atoms with Gasteiger partial charge in [-0.05, 0) is 17.5 Å². The van der Waals surface area contributed by atoms with E-state index in [4.69, 9.17) is 0 Å². The molecule has 0 atom stereocenters. The number of nitrogens with one attached hydrogen (secondary N) is 1. The zero-order valence-corrected chi connectivity index (χ0v) is 14.4. The molecule has 2 aromatic heterocycles. The minimum atomic E-state index is -0.350. The monoisotopic (exact) mass is 363 g/mol. The molecule has 0 unspecified atom stereocenters. The molecule has 0 saturated heterocycles. The summed E-state index contributed by atoms with van der Waals surface area (Å²) in [6, 6.07) is 8.08. The van der Waals surface area contributed by atoms with E-state index in [0.717, 1.165) is 0 Å². The molecule has 0 saturated carbocycles. The average molecular weight is 363 g/mol. The standard InChI is InChI=1S/C16H14FN3O2S2/c1-20-15(22)14-12(6-7-23-14)19-16(20)24-9-13(21)18-8-10-4-2-3-5-11(10)17/h2-7H,8-9H2,1H3,(H,18,21). The summed E-state index contributed by atoms with van der Waals surface area (Å²) < 4.78 is 15.5. The first-order chi connectivity index (χ1) is 11.6. The van der Waals surface area contributed by atoms with Crippen LogP contribution in [0.3, 0.4) is 0 Å². The Hall–Kier alpha value is -2.19. The molecule has 2 heterocycles. The smallest absolute Gasteiger partial charge is 0.271 e. The number of fused-ring (bicyclic) bond motifs is 1. The van der Waals surface area contributed by atoms with Crippen molar-refractivity contribution in [3.63, 3.8) is 0 Å². The first kappa shape index (κ1) is 16.7. The van der Waals surface area contributed by atoms with E-state index >= 15 is 0 Å². The number of amides is 1. The van der Waals surface area contributed by atoms with Gasteiger partial charge in [-0.2, -0.15) is 0 Å². The van der Waals surface area contributed by atoms with E-state index in [0.29, 0.717) is 20.9 Å². The van der Waals surface area contributed by atoms with E-state index in [1.807, 2.05) is 5.38 Å². The molecule has 0 aliphatic carbocycles. The fourth-order valence-corrected chi connectivity index (χ4v) is 3.72. The van der Waals surface area contributed by atoms with Crippen molar-refractivity contribution in [1.82, 2.24) is 14.9 Å². The van der Waals surface area contributed by atoms with Crippen LogP contribution < -0.4 is 10.9 Å².